The van der Waals surface area contributed by atoms with Gasteiger partial charge >= 0.3 is 6.03 Å². The van der Waals surface area contributed by atoms with Gasteiger partial charge in [0.15, 0.2) is 0 Å². The van der Waals surface area contributed by atoms with E-state index in [2.05, 4.69) is 28.1 Å². The maximum atomic E-state index is 12.7. The number of hydrogen-bond donors (Lipinski definition) is 3. The van der Waals surface area contributed by atoms with Gasteiger partial charge < -0.3 is 16.0 Å². The van der Waals surface area contributed by atoms with Crippen LogP contribution in [0.5, 0.6) is 0 Å². The van der Waals surface area contributed by atoms with E-state index in [1.165, 1.54) is 5.56 Å². The van der Waals surface area contributed by atoms with E-state index >= 15 is 0 Å². The molecule has 0 saturated carbocycles. The lowest BCUT2D eigenvalue weighted by Crippen LogP contribution is -2.39. The maximum absolute atomic E-state index is 12.7. The Labute approximate surface area is 177 Å². The van der Waals surface area contributed by atoms with Crippen LogP contribution in [0.4, 0.5) is 10.5 Å². The monoisotopic (exact) mass is 401 g/mol. The molecule has 0 aromatic heterocycles. The lowest BCUT2D eigenvalue weighted by atomic mass is 10.0. The van der Waals surface area contributed by atoms with Crippen LogP contribution < -0.4 is 16.0 Å². The molecule has 0 radical (unpaired) electrons. The molecule has 0 heterocycles. The van der Waals surface area contributed by atoms with Crippen LogP contribution in [0.15, 0.2) is 78.9 Å². The third kappa shape index (κ3) is 6.21. The van der Waals surface area contributed by atoms with Crippen molar-refractivity contribution in [3.63, 3.8) is 0 Å². The predicted octanol–water partition coefficient (Wildman–Crippen LogP) is 4.74. The van der Waals surface area contributed by atoms with Gasteiger partial charge in [0.05, 0.1) is 0 Å². The highest BCUT2D eigenvalue weighted by Gasteiger charge is 2.10. The van der Waals surface area contributed by atoms with Crippen LogP contribution in [-0.4, -0.2) is 18.0 Å². The number of benzene rings is 3. The normalized spacial score (nSPS) is 10.5. The lowest BCUT2D eigenvalue weighted by molar-refractivity contribution is 0.102. The minimum absolute atomic E-state index is 0.0841. The Bertz CT molecular complexity index is 983. The first-order valence-electron chi connectivity index (χ1n) is 10.1. The van der Waals surface area contributed by atoms with Crippen LogP contribution in [0.25, 0.3) is 0 Å². The second-order valence-corrected chi connectivity index (χ2v) is 7.45. The Balaban J connectivity index is 1.62. The first-order valence-corrected chi connectivity index (χ1v) is 10.1. The van der Waals surface area contributed by atoms with Gasteiger partial charge in [-0.05, 0) is 55.2 Å². The number of hydrogen-bond acceptors (Lipinski definition) is 2. The van der Waals surface area contributed by atoms with Gasteiger partial charge in [0.1, 0.15) is 0 Å². The van der Waals surface area contributed by atoms with E-state index in [4.69, 9.17) is 0 Å². The van der Waals surface area contributed by atoms with E-state index in [0.29, 0.717) is 12.1 Å². The molecular weight excluding hydrogens is 374 g/mol. The Morgan fingerprint density at radius 1 is 0.800 bits per heavy atom. The van der Waals surface area contributed by atoms with Crippen molar-refractivity contribution in [1.82, 2.24) is 10.6 Å². The Hall–Kier alpha value is -3.60. The van der Waals surface area contributed by atoms with E-state index in [1.807, 2.05) is 68.4 Å². The highest BCUT2D eigenvalue weighted by Crippen LogP contribution is 2.20. The van der Waals surface area contributed by atoms with Gasteiger partial charge in [-0.1, -0.05) is 60.7 Å². The van der Waals surface area contributed by atoms with E-state index in [9.17, 15) is 9.59 Å². The minimum atomic E-state index is -0.207. The van der Waals surface area contributed by atoms with Crippen molar-refractivity contribution in [2.45, 2.75) is 32.9 Å². The zero-order valence-corrected chi connectivity index (χ0v) is 17.3. The zero-order valence-electron chi connectivity index (χ0n) is 17.3. The summed E-state index contributed by atoms with van der Waals surface area (Å²) in [7, 11) is 0. The molecule has 0 aliphatic carbocycles. The van der Waals surface area contributed by atoms with Crippen LogP contribution in [0.3, 0.4) is 0 Å². The highest BCUT2D eigenvalue weighted by atomic mass is 16.2. The van der Waals surface area contributed by atoms with E-state index < -0.39 is 0 Å². The molecule has 3 aromatic carbocycles. The molecule has 0 aliphatic rings. The average Bonchev–Trinajstić information content (AvgIpc) is 2.74. The highest BCUT2D eigenvalue weighted by molar-refractivity contribution is 6.04. The molecule has 0 bridgehead atoms. The Kier molecular flexibility index (Phi) is 7.22. The molecule has 0 unspecified atom stereocenters. The SMILES string of the molecule is CC(C)NC(=O)NCc1ccc(C(=O)Nc2ccccc2Cc2ccccc2)cc1. The molecule has 5 nitrogen and oxygen atoms in total. The maximum Gasteiger partial charge on any atom is 0.315 e. The molecule has 0 spiro atoms. The molecule has 154 valence electrons. The first-order chi connectivity index (χ1) is 14.5. The molecular formula is C25H27N3O2. The largest absolute Gasteiger partial charge is 0.336 e. The van der Waals surface area contributed by atoms with E-state index in [-0.39, 0.29) is 18.0 Å². The van der Waals surface area contributed by atoms with Crippen molar-refractivity contribution in [2.24, 2.45) is 0 Å². The van der Waals surface area contributed by atoms with Crippen LogP contribution in [-0.2, 0) is 13.0 Å². The molecule has 0 saturated heterocycles. The van der Waals surface area contributed by atoms with Gasteiger partial charge in [-0.2, -0.15) is 0 Å². The van der Waals surface area contributed by atoms with Crippen LogP contribution >= 0.6 is 0 Å². The molecule has 5 heteroatoms. The molecule has 3 amide bonds. The van der Waals surface area contributed by atoms with Gasteiger partial charge in [0.25, 0.3) is 5.91 Å². The third-order valence-corrected chi connectivity index (χ3v) is 4.59. The van der Waals surface area contributed by atoms with Crippen molar-refractivity contribution < 1.29 is 9.59 Å². The zero-order chi connectivity index (χ0) is 21.3. The fourth-order valence-corrected chi connectivity index (χ4v) is 3.08. The summed E-state index contributed by atoms with van der Waals surface area (Å²) in [5.41, 5.74) is 4.56. The summed E-state index contributed by atoms with van der Waals surface area (Å²) in [4.78, 5) is 24.4. The summed E-state index contributed by atoms with van der Waals surface area (Å²) in [6, 6.07) is 25.1. The van der Waals surface area contributed by atoms with Crippen LogP contribution in [0.2, 0.25) is 0 Å². The van der Waals surface area contributed by atoms with Crippen LogP contribution in [0.1, 0.15) is 40.9 Å². The fourth-order valence-electron chi connectivity index (χ4n) is 3.08. The van der Waals surface area contributed by atoms with E-state index in [0.717, 1.165) is 23.2 Å². The average molecular weight is 402 g/mol. The molecule has 0 fully saturated rings. The number of anilines is 1. The smallest absolute Gasteiger partial charge is 0.315 e. The molecule has 3 rings (SSSR count). The van der Waals surface area contributed by atoms with E-state index in [1.54, 1.807) is 12.1 Å². The molecule has 0 atom stereocenters. The predicted molar refractivity (Wildman–Crippen MR) is 121 cm³/mol. The number of para-hydroxylation sites is 1. The molecule has 0 aliphatic heterocycles. The fraction of sp³-hybridized carbons (Fsp3) is 0.200. The van der Waals surface area contributed by atoms with Crippen molar-refractivity contribution in [3.05, 3.63) is 101 Å². The number of urea groups is 1. The van der Waals surface area contributed by atoms with Gasteiger partial charge in [-0.25, -0.2) is 4.79 Å². The minimum Gasteiger partial charge on any atom is -0.336 e. The summed E-state index contributed by atoms with van der Waals surface area (Å²) in [6.45, 7) is 4.22. The first kappa shape index (κ1) is 21.1. The van der Waals surface area contributed by atoms with Gasteiger partial charge in [0.2, 0.25) is 0 Å². The molecule has 3 aromatic rings. The van der Waals surface area contributed by atoms with Gasteiger partial charge in [-0.3, -0.25) is 4.79 Å². The summed E-state index contributed by atoms with van der Waals surface area (Å²) in [6.07, 6.45) is 0.750. The number of amides is 3. The van der Waals surface area contributed by atoms with Gasteiger partial charge in [-0.15, -0.1) is 0 Å². The van der Waals surface area contributed by atoms with Crippen molar-refractivity contribution in [3.8, 4) is 0 Å². The van der Waals surface area contributed by atoms with Gasteiger partial charge in [0, 0.05) is 23.8 Å². The van der Waals surface area contributed by atoms with Crippen molar-refractivity contribution in [2.75, 3.05) is 5.32 Å². The quantitative estimate of drug-likeness (QED) is 0.535. The summed E-state index contributed by atoms with van der Waals surface area (Å²) < 4.78 is 0. The topological polar surface area (TPSA) is 70.2 Å². The second-order valence-electron chi connectivity index (χ2n) is 7.45. The molecule has 30 heavy (non-hydrogen) atoms. The standard InChI is InChI=1S/C25H27N3O2/c1-18(2)27-25(30)26-17-20-12-14-21(15-13-20)24(29)28-23-11-7-6-10-22(23)16-19-8-4-3-5-9-19/h3-15,18H,16-17H2,1-2H3,(H,28,29)(H2,26,27,30). The summed E-state index contributed by atoms with van der Waals surface area (Å²) in [5, 5.41) is 8.60. The second kappa shape index (κ2) is 10.3. The number of rotatable bonds is 7. The third-order valence-electron chi connectivity index (χ3n) is 4.59. The molecule has 3 N–H and O–H groups in total. The summed E-state index contributed by atoms with van der Waals surface area (Å²) >= 11 is 0. The number of carbonyl (C=O) groups excluding carboxylic acids is 2. The number of nitrogens with one attached hydrogen (secondary N) is 3. The number of carbonyl (C=O) groups is 2. The van der Waals surface area contributed by atoms with Crippen molar-refractivity contribution in [1.29, 1.82) is 0 Å². The lowest BCUT2D eigenvalue weighted by Gasteiger charge is -2.12. The summed E-state index contributed by atoms with van der Waals surface area (Å²) in [5.74, 6) is -0.160. The Morgan fingerprint density at radius 2 is 1.47 bits per heavy atom. The Morgan fingerprint density at radius 3 is 2.17 bits per heavy atom. The van der Waals surface area contributed by atoms with Crippen LogP contribution in [0, 0.1) is 0 Å². The van der Waals surface area contributed by atoms with Crippen molar-refractivity contribution >= 4 is 17.6 Å².